The average molecular weight is 176 g/mol. The number of carbonyl (C=O) groups excluding carboxylic acids is 1. The molecule has 0 aromatic rings. The summed E-state index contributed by atoms with van der Waals surface area (Å²) in [7, 11) is 0. The number of hydrogen-bond donors (Lipinski definition) is 2. The van der Waals surface area contributed by atoms with Gasteiger partial charge in [0.05, 0.1) is 23.7 Å². The zero-order valence-corrected chi connectivity index (χ0v) is 7.19. The molecule has 0 spiro atoms. The quantitative estimate of drug-likeness (QED) is 0.345. The molecule has 0 saturated carbocycles. The van der Waals surface area contributed by atoms with Gasteiger partial charge in [0.15, 0.2) is 0 Å². The molecule has 1 heterocycles. The first-order valence-electron chi connectivity index (χ1n) is 3.47. The van der Waals surface area contributed by atoms with Gasteiger partial charge in [0.1, 0.15) is 0 Å². The average Bonchev–Trinajstić information content (AvgIpc) is 1.94. The van der Waals surface area contributed by atoms with Crippen molar-refractivity contribution in [1.82, 2.24) is 5.43 Å². The van der Waals surface area contributed by atoms with Crippen LogP contribution < -0.4 is 11.3 Å². The first-order valence-corrected chi connectivity index (χ1v) is 4.42. The molecule has 1 unspecified atom stereocenters. The SMILES string of the molecule is CC(SC1COC1)C(=O)NN. The zero-order valence-electron chi connectivity index (χ0n) is 6.37. The second-order valence-corrected chi connectivity index (χ2v) is 4.09. The summed E-state index contributed by atoms with van der Waals surface area (Å²) in [6, 6.07) is 0. The maximum Gasteiger partial charge on any atom is 0.246 e. The molecule has 64 valence electrons. The summed E-state index contributed by atoms with van der Waals surface area (Å²) in [4.78, 5) is 10.9. The van der Waals surface area contributed by atoms with E-state index in [1.807, 2.05) is 6.92 Å². The minimum absolute atomic E-state index is 0.0751. The first-order chi connectivity index (χ1) is 5.24. The smallest absolute Gasteiger partial charge is 0.246 e. The molecule has 11 heavy (non-hydrogen) atoms. The van der Waals surface area contributed by atoms with Crippen molar-refractivity contribution < 1.29 is 9.53 Å². The molecule has 0 aromatic heterocycles. The van der Waals surface area contributed by atoms with E-state index in [1.165, 1.54) is 0 Å². The van der Waals surface area contributed by atoms with E-state index in [9.17, 15) is 4.79 Å². The third-order valence-corrected chi connectivity index (χ3v) is 2.79. The summed E-state index contributed by atoms with van der Waals surface area (Å²) in [5.41, 5.74) is 2.12. The molecule has 0 radical (unpaired) electrons. The van der Waals surface area contributed by atoms with Gasteiger partial charge in [0.2, 0.25) is 5.91 Å². The Morgan fingerprint density at radius 1 is 1.82 bits per heavy atom. The molecule has 0 aliphatic carbocycles. The van der Waals surface area contributed by atoms with E-state index in [4.69, 9.17) is 10.6 Å². The number of nitrogens with one attached hydrogen (secondary N) is 1. The molecule has 0 bridgehead atoms. The number of nitrogens with two attached hydrogens (primary N) is 1. The third kappa shape index (κ3) is 2.36. The van der Waals surface area contributed by atoms with Crippen LogP contribution >= 0.6 is 11.8 Å². The zero-order chi connectivity index (χ0) is 8.27. The molecule has 1 fully saturated rings. The maximum atomic E-state index is 10.9. The van der Waals surface area contributed by atoms with Gasteiger partial charge in [-0.25, -0.2) is 5.84 Å². The second-order valence-electron chi connectivity index (χ2n) is 2.45. The molecule has 0 aromatic carbocycles. The lowest BCUT2D eigenvalue weighted by Crippen LogP contribution is -2.40. The minimum Gasteiger partial charge on any atom is -0.379 e. The Balaban J connectivity index is 2.18. The molecule has 1 aliphatic rings. The van der Waals surface area contributed by atoms with Crippen LogP contribution in [-0.2, 0) is 9.53 Å². The van der Waals surface area contributed by atoms with E-state index in [0.29, 0.717) is 5.25 Å². The predicted molar refractivity (Wildman–Crippen MR) is 44.0 cm³/mol. The first kappa shape index (κ1) is 8.83. The van der Waals surface area contributed by atoms with Crippen molar-refractivity contribution in [3.8, 4) is 0 Å². The van der Waals surface area contributed by atoms with E-state index in [1.54, 1.807) is 11.8 Å². The van der Waals surface area contributed by atoms with Crippen molar-refractivity contribution in [3.63, 3.8) is 0 Å². The van der Waals surface area contributed by atoms with Crippen LogP contribution in [0.3, 0.4) is 0 Å². The van der Waals surface area contributed by atoms with Crippen molar-refractivity contribution in [3.05, 3.63) is 0 Å². The molecule has 1 atom stereocenters. The third-order valence-electron chi connectivity index (χ3n) is 1.52. The molecule has 1 aliphatic heterocycles. The Bertz CT molecular complexity index is 150. The van der Waals surface area contributed by atoms with Crippen LogP contribution in [0.15, 0.2) is 0 Å². The number of hydrogen-bond acceptors (Lipinski definition) is 4. The van der Waals surface area contributed by atoms with Gasteiger partial charge >= 0.3 is 0 Å². The number of thioether (sulfide) groups is 1. The fraction of sp³-hybridized carbons (Fsp3) is 0.833. The van der Waals surface area contributed by atoms with Gasteiger partial charge in [-0.15, -0.1) is 11.8 Å². The Kier molecular flexibility index (Phi) is 3.16. The van der Waals surface area contributed by atoms with Gasteiger partial charge < -0.3 is 4.74 Å². The lowest BCUT2D eigenvalue weighted by molar-refractivity contribution is -0.120. The number of amides is 1. The van der Waals surface area contributed by atoms with E-state index in [0.717, 1.165) is 13.2 Å². The largest absolute Gasteiger partial charge is 0.379 e. The molecule has 1 saturated heterocycles. The van der Waals surface area contributed by atoms with Crippen molar-refractivity contribution in [2.75, 3.05) is 13.2 Å². The van der Waals surface area contributed by atoms with E-state index < -0.39 is 0 Å². The van der Waals surface area contributed by atoms with E-state index in [-0.39, 0.29) is 11.2 Å². The van der Waals surface area contributed by atoms with Gasteiger partial charge in [-0.2, -0.15) is 0 Å². The van der Waals surface area contributed by atoms with Crippen LogP contribution in [0.25, 0.3) is 0 Å². The number of carbonyl (C=O) groups is 1. The molecule has 1 rings (SSSR count). The molecule has 1 amide bonds. The van der Waals surface area contributed by atoms with Crippen LogP contribution in [0.4, 0.5) is 0 Å². The number of hydrazine groups is 1. The van der Waals surface area contributed by atoms with Gasteiger partial charge in [0.25, 0.3) is 0 Å². The highest BCUT2D eigenvalue weighted by atomic mass is 32.2. The van der Waals surface area contributed by atoms with Crippen molar-refractivity contribution in [2.45, 2.75) is 17.4 Å². The monoisotopic (exact) mass is 176 g/mol. The van der Waals surface area contributed by atoms with Crippen molar-refractivity contribution in [1.29, 1.82) is 0 Å². The van der Waals surface area contributed by atoms with Crippen LogP contribution in [0.2, 0.25) is 0 Å². The van der Waals surface area contributed by atoms with Gasteiger partial charge in [-0.1, -0.05) is 0 Å². The summed E-state index contributed by atoms with van der Waals surface area (Å²) in [5, 5.41) is 0.399. The molecular formula is C6H12N2O2S. The normalized spacial score (nSPS) is 20.5. The van der Waals surface area contributed by atoms with Gasteiger partial charge in [0, 0.05) is 0 Å². The summed E-state index contributed by atoms with van der Waals surface area (Å²) < 4.78 is 4.97. The Morgan fingerprint density at radius 2 is 2.45 bits per heavy atom. The molecule has 5 heteroatoms. The topological polar surface area (TPSA) is 64.3 Å². The Hall–Kier alpha value is -0.260. The van der Waals surface area contributed by atoms with Crippen LogP contribution in [0.1, 0.15) is 6.92 Å². The number of ether oxygens (including phenoxy) is 1. The van der Waals surface area contributed by atoms with Crippen LogP contribution in [-0.4, -0.2) is 29.6 Å². The van der Waals surface area contributed by atoms with E-state index >= 15 is 0 Å². The highest BCUT2D eigenvalue weighted by Gasteiger charge is 2.24. The summed E-state index contributed by atoms with van der Waals surface area (Å²) >= 11 is 1.60. The number of rotatable bonds is 3. The highest BCUT2D eigenvalue weighted by Crippen LogP contribution is 2.23. The predicted octanol–water partition coefficient (Wildman–Crippen LogP) is -0.503. The van der Waals surface area contributed by atoms with Gasteiger partial charge in [-0.3, -0.25) is 10.2 Å². The maximum absolute atomic E-state index is 10.9. The lowest BCUT2D eigenvalue weighted by atomic mass is 10.4. The standard InChI is InChI=1S/C6H12N2O2S/c1-4(6(9)8-7)11-5-2-10-3-5/h4-5H,2-3,7H2,1H3,(H,8,9). The molecule has 4 nitrogen and oxygen atoms in total. The van der Waals surface area contributed by atoms with Gasteiger partial charge in [-0.05, 0) is 6.92 Å². The Morgan fingerprint density at radius 3 is 2.82 bits per heavy atom. The fourth-order valence-corrected chi connectivity index (χ4v) is 1.88. The van der Waals surface area contributed by atoms with E-state index in [2.05, 4.69) is 5.43 Å². The Labute approximate surface area is 69.8 Å². The highest BCUT2D eigenvalue weighted by molar-refractivity contribution is 8.01. The minimum atomic E-state index is -0.123. The summed E-state index contributed by atoms with van der Waals surface area (Å²) in [5.74, 6) is 4.84. The van der Waals surface area contributed by atoms with Crippen molar-refractivity contribution >= 4 is 17.7 Å². The molecular weight excluding hydrogens is 164 g/mol. The van der Waals surface area contributed by atoms with Crippen molar-refractivity contribution in [2.24, 2.45) is 5.84 Å². The van der Waals surface area contributed by atoms with Crippen LogP contribution in [0.5, 0.6) is 0 Å². The summed E-state index contributed by atoms with van der Waals surface area (Å²) in [6.07, 6.45) is 0. The second kappa shape index (κ2) is 3.94. The fourth-order valence-electron chi connectivity index (χ4n) is 0.760. The molecule has 3 N–H and O–H groups in total. The van der Waals surface area contributed by atoms with Crippen LogP contribution in [0, 0.1) is 0 Å². The summed E-state index contributed by atoms with van der Waals surface area (Å²) in [6.45, 7) is 3.35. The lowest BCUT2D eigenvalue weighted by Gasteiger charge is -2.27.